The third-order valence-electron chi connectivity index (χ3n) is 6.67. The molecule has 7 aromatic rings. The zero-order chi connectivity index (χ0) is 22.3. The molecule has 2 heterocycles. The van der Waals surface area contributed by atoms with Crippen molar-refractivity contribution in [2.24, 2.45) is 0 Å². The zero-order valence-electron chi connectivity index (χ0n) is 17.2. The van der Waals surface area contributed by atoms with Crippen LogP contribution in [0.25, 0.3) is 60.0 Å². The van der Waals surface area contributed by atoms with E-state index in [9.17, 15) is 10.1 Å². The van der Waals surface area contributed by atoms with E-state index < -0.39 is 0 Å². The predicted octanol–water partition coefficient (Wildman–Crippen LogP) is 8.33. The summed E-state index contributed by atoms with van der Waals surface area (Å²) in [5.74, 6) is 0. The van der Waals surface area contributed by atoms with Crippen LogP contribution in [0.5, 0.6) is 0 Å². The van der Waals surface area contributed by atoms with Gasteiger partial charge in [0.1, 0.15) is 0 Å². The van der Waals surface area contributed by atoms with Crippen LogP contribution >= 0.6 is 15.9 Å². The number of para-hydroxylation sites is 2. The molecule has 156 valence electrons. The largest absolute Gasteiger partial charge is 0.308 e. The van der Waals surface area contributed by atoms with Crippen molar-refractivity contribution in [1.82, 2.24) is 4.40 Å². The number of halogens is 1. The van der Waals surface area contributed by atoms with Crippen molar-refractivity contribution in [3.8, 4) is 11.1 Å². The molecule has 0 spiro atoms. The van der Waals surface area contributed by atoms with Crippen LogP contribution in [0.1, 0.15) is 0 Å². The average Bonchev–Trinajstić information content (AvgIpc) is 3.36. The van der Waals surface area contributed by atoms with Crippen molar-refractivity contribution in [2.45, 2.75) is 0 Å². The summed E-state index contributed by atoms with van der Waals surface area (Å²) in [4.78, 5) is 11.4. The Morgan fingerprint density at radius 1 is 0.727 bits per heavy atom. The SMILES string of the molecule is O=[N+]([O-])c1ccc(Br)cc1-c1ccc2ccc3c(c2c1)c1cccc2c4ccccc4n3c21. The van der Waals surface area contributed by atoms with Crippen molar-refractivity contribution in [1.29, 1.82) is 0 Å². The summed E-state index contributed by atoms with van der Waals surface area (Å²) < 4.78 is 3.16. The Hall–Kier alpha value is -3.96. The second-order valence-electron chi connectivity index (χ2n) is 8.37. The maximum Gasteiger partial charge on any atom is 0.277 e. The van der Waals surface area contributed by atoms with Crippen LogP contribution in [0.2, 0.25) is 0 Å². The van der Waals surface area contributed by atoms with Crippen LogP contribution in [0.4, 0.5) is 5.69 Å². The van der Waals surface area contributed by atoms with E-state index in [1.807, 2.05) is 12.1 Å². The van der Waals surface area contributed by atoms with Crippen molar-refractivity contribution < 1.29 is 4.92 Å². The van der Waals surface area contributed by atoms with Gasteiger partial charge in [0.15, 0.2) is 0 Å². The smallest absolute Gasteiger partial charge is 0.277 e. The van der Waals surface area contributed by atoms with E-state index in [0.29, 0.717) is 5.56 Å². The summed E-state index contributed by atoms with van der Waals surface area (Å²) >= 11 is 3.47. The van der Waals surface area contributed by atoms with Gasteiger partial charge in [-0.05, 0) is 46.7 Å². The standard InChI is InChI=1S/C28H15BrN2O2/c29-18-11-13-25(31(32)33)22(15-18)17-9-8-16-10-12-26-27(23(16)14-17)21-6-3-5-20-19-4-1-2-7-24(19)30(26)28(20)21/h1-15H. The van der Waals surface area contributed by atoms with Gasteiger partial charge in [-0.25, -0.2) is 0 Å². The molecule has 0 bridgehead atoms. The van der Waals surface area contributed by atoms with Gasteiger partial charge in [-0.1, -0.05) is 70.5 Å². The first kappa shape index (κ1) is 18.6. The highest BCUT2D eigenvalue weighted by Crippen LogP contribution is 2.43. The fraction of sp³-hybridized carbons (Fsp3) is 0. The molecule has 0 fully saturated rings. The minimum Gasteiger partial charge on any atom is -0.308 e. The summed E-state index contributed by atoms with van der Waals surface area (Å²) in [5.41, 5.74) is 5.10. The number of fused-ring (bicyclic) bond motifs is 8. The Labute approximate surface area is 196 Å². The summed E-state index contributed by atoms with van der Waals surface area (Å²) in [7, 11) is 0. The van der Waals surface area contributed by atoms with Gasteiger partial charge in [0, 0.05) is 32.1 Å². The quantitative estimate of drug-likeness (QED) is 0.180. The molecular weight excluding hydrogens is 476 g/mol. The molecule has 0 atom stereocenters. The topological polar surface area (TPSA) is 47.5 Å². The molecule has 4 nitrogen and oxygen atoms in total. The number of aromatic nitrogens is 1. The molecule has 0 aliphatic rings. The molecule has 0 amide bonds. The minimum atomic E-state index is -0.319. The molecule has 0 saturated heterocycles. The number of benzene rings is 5. The normalized spacial score (nSPS) is 12.0. The molecule has 2 aromatic heterocycles. The van der Waals surface area contributed by atoms with Gasteiger partial charge < -0.3 is 4.40 Å². The summed E-state index contributed by atoms with van der Waals surface area (Å²) in [6.45, 7) is 0. The van der Waals surface area contributed by atoms with Gasteiger partial charge >= 0.3 is 0 Å². The second kappa shape index (κ2) is 6.53. The molecule has 0 aliphatic heterocycles. The number of nitro benzene ring substituents is 1. The first-order valence-corrected chi connectivity index (χ1v) is 11.4. The number of nitro groups is 1. The Kier molecular flexibility index (Phi) is 3.68. The molecular formula is C28H15BrN2O2. The van der Waals surface area contributed by atoms with Crippen LogP contribution in [-0.4, -0.2) is 9.32 Å². The van der Waals surface area contributed by atoms with Crippen LogP contribution in [0.15, 0.2) is 95.5 Å². The van der Waals surface area contributed by atoms with E-state index in [4.69, 9.17) is 0 Å². The monoisotopic (exact) mass is 490 g/mol. The van der Waals surface area contributed by atoms with E-state index in [0.717, 1.165) is 26.3 Å². The fourth-order valence-electron chi connectivity index (χ4n) is 5.31. The van der Waals surface area contributed by atoms with Crippen LogP contribution < -0.4 is 0 Å². The lowest BCUT2D eigenvalue weighted by atomic mass is 9.97. The average molecular weight is 491 g/mol. The van der Waals surface area contributed by atoms with E-state index in [2.05, 4.69) is 87.1 Å². The fourth-order valence-corrected chi connectivity index (χ4v) is 5.68. The molecule has 0 radical (unpaired) electrons. The lowest BCUT2D eigenvalue weighted by Gasteiger charge is -2.08. The Balaban J connectivity index is 1.65. The van der Waals surface area contributed by atoms with Crippen molar-refractivity contribution in [2.75, 3.05) is 0 Å². The summed E-state index contributed by atoms with van der Waals surface area (Å²) in [6, 6.07) is 30.5. The van der Waals surface area contributed by atoms with E-state index in [1.165, 1.54) is 32.6 Å². The molecule has 0 saturated carbocycles. The molecule has 7 rings (SSSR count). The van der Waals surface area contributed by atoms with Gasteiger partial charge in [0.05, 0.1) is 27.0 Å². The van der Waals surface area contributed by atoms with Crippen molar-refractivity contribution in [3.05, 3.63) is 106 Å². The van der Waals surface area contributed by atoms with Crippen molar-refractivity contribution in [3.63, 3.8) is 0 Å². The second-order valence-corrected chi connectivity index (χ2v) is 9.28. The van der Waals surface area contributed by atoms with Gasteiger partial charge in [0.2, 0.25) is 0 Å². The van der Waals surface area contributed by atoms with Crippen LogP contribution in [-0.2, 0) is 0 Å². The van der Waals surface area contributed by atoms with Gasteiger partial charge in [-0.15, -0.1) is 0 Å². The first-order valence-electron chi connectivity index (χ1n) is 10.7. The molecule has 0 unspecified atom stereocenters. The molecule has 0 aliphatic carbocycles. The highest BCUT2D eigenvalue weighted by molar-refractivity contribution is 9.10. The van der Waals surface area contributed by atoms with Gasteiger partial charge in [0.25, 0.3) is 5.69 Å². The minimum absolute atomic E-state index is 0.101. The summed E-state index contributed by atoms with van der Waals surface area (Å²) in [5, 5.41) is 18.8. The third-order valence-corrected chi connectivity index (χ3v) is 7.16. The van der Waals surface area contributed by atoms with E-state index >= 15 is 0 Å². The van der Waals surface area contributed by atoms with Gasteiger partial charge in [-0.2, -0.15) is 0 Å². The Morgan fingerprint density at radius 3 is 2.39 bits per heavy atom. The van der Waals surface area contributed by atoms with E-state index in [1.54, 1.807) is 12.1 Å². The highest BCUT2D eigenvalue weighted by Gasteiger charge is 2.20. The van der Waals surface area contributed by atoms with Crippen LogP contribution in [0.3, 0.4) is 0 Å². The van der Waals surface area contributed by atoms with Crippen LogP contribution in [0, 0.1) is 10.1 Å². The summed E-state index contributed by atoms with van der Waals surface area (Å²) in [6.07, 6.45) is 0. The highest BCUT2D eigenvalue weighted by atomic mass is 79.9. The number of hydrogen-bond donors (Lipinski definition) is 0. The lowest BCUT2D eigenvalue weighted by Crippen LogP contribution is -1.92. The Bertz CT molecular complexity index is 1920. The number of nitrogens with zero attached hydrogens (tertiary/aromatic N) is 2. The molecule has 33 heavy (non-hydrogen) atoms. The predicted molar refractivity (Wildman–Crippen MR) is 138 cm³/mol. The lowest BCUT2D eigenvalue weighted by molar-refractivity contribution is -0.384. The number of hydrogen-bond acceptors (Lipinski definition) is 2. The molecule has 5 heteroatoms. The maximum absolute atomic E-state index is 11.7. The maximum atomic E-state index is 11.7. The zero-order valence-corrected chi connectivity index (χ0v) is 18.8. The molecule has 5 aromatic carbocycles. The van der Waals surface area contributed by atoms with Gasteiger partial charge in [-0.3, -0.25) is 10.1 Å². The molecule has 0 N–H and O–H groups in total. The Morgan fingerprint density at radius 2 is 1.52 bits per heavy atom. The van der Waals surface area contributed by atoms with E-state index in [-0.39, 0.29) is 10.6 Å². The third kappa shape index (κ3) is 2.45. The first-order chi connectivity index (χ1) is 16.1. The van der Waals surface area contributed by atoms with Crippen molar-refractivity contribution >= 4 is 70.5 Å². The number of rotatable bonds is 2.